The first kappa shape index (κ1) is 13.8. The number of hydrogen-bond acceptors (Lipinski definition) is 3. The molecule has 0 amide bonds. The van der Waals surface area contributed by atoms with Crippen LogP contribution in [0, 0.1) is 18.3 Å². The average Bonchev–Trinajstić information content (AvgIpc) is 2.93. The number of aryl methyl sites for hydroxylation is 1. The number of fused-ring (bicyclic) bond motifs is 1. The van der Waals surface area contributed by atoms with Gasteiger partial charge < -0.3 is 10.1 Å². The third kappa shape index (κ3) is 2.68. The molecule has 4 heteroatoms. The van der Waals surface area contributed by atoms with E-state index in [-0.39, 0.29) is 0 Å². The van der Waals surface area contributed by atoms with E-state index in [1.54, 1.807) is 0 Å². The maximum atomic E-state index is 9.26. The van der Waals surface area contributed by atoms with Crippen LogP contribution < -0.4 is 10.1 Å². The summed E-state index contributed by atoms with van der Waals surface area (Å²) in [4.78, 5) is 0. The van der Waals surface area contributed by atoms with Crippen molar-refractivity contribution in [3.63, 3.8) is 0 Å². The molecule has 0 fully saturated rings. The second-order valence-corrected chi connectivity index (χ2v) is 5.55. The first-order chi connectivity index (χ1) is 10.2. The Morgan fingerprint density at radius 3 is 3.05 bits per heavy atom. The van der Waals surface area contributed by atoms with Crippen molar-refractivity contribution in [3.8, 4) is 11.8 Å². The molecule has 0 aliphatic carbocycles. The summed E-state index contributed by atoms with van der Waals surface area (Å²) < 4.78 is 5.69. The van der Waals surface area contributed by atoms with E-state index in [4.69, 9.17) is 16.3 Å². The molecule has 3 rings (SSSR count). The first-order valence-corrected chi connectivity index (χ1v) is 7.24. The van der Waals surface area contributed by atoms with Crippen molar-refractivity contribution in [1.29, 1.82) is 5.26 Å². The minimum atomic E-state index is 0.584. The highest BCUT2D eigenvalue weighted by molar-refractivity contribution is 6.30. The minimum Gasteiger partial charge on any atom is -0.493 e. The summed E-state index contributed by atoms with van der Waals surface area (Å²) in [6.45, 7) is 3.22. The number of nitrogens with zero attached hydrogens (tertiary/aromatic N) is 1. The third-order valence-electron chi connectivity index (χ3n) is 3.68. The van der Waals surface area contributed by atoms with Gasteiger partial charge in [0.2, 0.25) is 0 Å². The van der Waals surface area contributed by atoms with E-state index >= 15 is 0 Å². The molecule has 1 aliphatic rings. The second kappa shape index (κ2) is 5.67. The molecule has 0 aromatic heterocycles. The fourth-order valence-electron chi connectivity index (χ4n) is 2.63. The highest BCUT2D eigenvalue weighted by Gasteiger charge is 2.17. The largest absolute Gasteiger partial charge is 0.493 e. The highest BCUT2D eigenvalue weighted by atomic mass is 35.5. The molecule has 1 aliphatic heterocycles. The quantitative estimate of drug-likeness (QED) is 0.929. The van der Waals surface area contributed by atoms with Crippen molar-refractivity contribution in [2.75, 3.05) is 11.9 Å². The van der Waals surface area contributed by atoms with Gasteiger partial charge >= 0.3 is 0 Å². The lowest BCUT2D eigenvalue weighted by Crippen LogP contribution is -2.04. The van der Waals surface area contributed by atoms with Crippen molar-refractivity contribution in [3.05, 3.63) is 57.6 Å². The zero-order valence-corrected chi connectivity index (χ0v) is 12.5. The first-order valence-electron chi connectivity index (χ1n) is 6.86. The topological polar surface area (TPSA) is 45.0 Å². The van der Waals surface area contributed by atoms with Gasteiger partial charge in [-0.05, 0) is 36.2 Å². The molecule has 0 saturated carbocycles. The summed E-state index contributed by atoms with van der Waals surface area (Å²) >= 11 is 6.16. The maximum absolute atomic E-state index is 9.26. The molecule has 0 bridgehead atoms. The van der Waals surface area contributed by atoms with Crippen LogP contribution in [0.5, 0.6) is 5.75 Å². The Labute approximate surface area is 129 Å². The zero-order chi connectivity index (χ0) is 14.8. The summed E-state index contributed by atoms with van der Waals surface area (Å²) in [6.07, 6.45) is 0.900. The molecule has 0 unspecified atom stereocenters. The van der Waals surface area contributed by atoms with Gasteiger partial charge in [0, 0.05) is 23.6 Å². The van der Waals surface area contributed by atoms with E-state index in [1.165, 1.54) is 0 Å². The van der Waals surface area contributed by atoms with E-state index in [0.717, 1.165) is 39.6 Å². The van der Waals surface area contributed by atoms with Gasteiger partial charge in [-0.1, -0.05) is 23.7 Å². The molecule has 21 heavy (non-hydrogen) atoms. The van der Waals surface area contributed by atoms with Crippen LogP contribution >= 0.6 is 11.6 Å². The number of hydrogen-bond donors (Lipinski definition) is 1. The molecule has 0 saturated heterocycles. The van der Waals surface area contributed by atoms with E-state index < -0.39 is 0 Å². The number of ether oxygens (including phenoxy) is 1. The predicted octanol–water partition coefficient (Wildman–Crippen LogP) is 4.07. The number of halogens is 1. The predicted molar refractivity (Wildman–Crippen MR) is 83.9 cm³/mol. The van der Waals surface area contributed by atoms with Crippen LogP contribution in [0.3, 0.4) is 0 Å². The van der Waals surface area contributed by atoms with Crippen LogP contribution in [-0.2, 0) is 13.0 Å². The summed E-state index contributed by atoms with van der Waals surface area (Å²) in [5.74, 6) is 0.929. The van der Waals surface area contributed by atoms with Crippen molar-refractivity contribution >= 4 is 17.3 Å². The van der Waals surface area contributed by atoms with Crippen LogP contribution in [0.15, 0.2) is 30.3 Å². The fraction of sp³-hybridized carbons (Fsp3) is 0.235. The van der Waals surface area contributed by atoms with Crippen LogP contribution in [-0.4, -0.2) is 6.61 Å². The van der Waals surface area contributed by atoms with Crippen LogP contribution in [0.2, 0.25) is 5.02 Å². The Kier molecular flexibility index (Phi) is 3.72. The number of nitriles is 1. The number of anilines is 1. The molecule has 2 aromatic rings. The third-order valence-corrected chi connectivity index (χ3v) is 3.90. The van der Waals surface area contributed by atoms with Crippen molar-refractivity contribution < 1.29 is 4.74 Å². The van der Waals surface area contributed by atoms with Gasteiger partial charge in [0.1, 0.15) is 11.8 Å². The highest BCUT2D eigenvalue weighted by Crippen LogP contribution is 2.33. The summed E-state index contributed by atoms with van der Waals surface area (Å²) in [5.41, 5.74) is 4.67. The van der Waals surface area contributed by atoms with Crippen LogP contribution in [0.4, 0.5) is 5.69 Å². The zero-order valence-electron chi connectivity index (χ0n) is 11.7. The van der Waals surface area contributed by atoms with Gasteiger partial charge in [0.15, 0.2) is 0 Å². The molecular weight excluding hydrogens is 284 g/mol. The van der Waals surface area contributed by atoms with E-state index in [1.807, 2.05) is 37.3 Å². The van der Waals surface area contributed by atoms with E-state index in [9.17, 15) is 5.26 Å². The molecule has 1 heterocycles. The number of rotatable bonds is 3. The summed E-state index contributed by atoms with van der Waals surface area (Å²) in [6, 6.07) is 11.9. The summed E-state index contributed by atoms with van der Waals surface area (Å²) in [7, 11) is 0. The SMILES string of the molecule is Cc1cccc(NCc2cc(Cl)cc3c2OCC3)c1C#N. The number of benzene rings is 2. The van der Waals surface area contributed by atoms with Gasteiger partial charge in [0.05, 0.1) is 17.9 Å². The number of nitrogens with one attached hydrogen (secondary N) is 1. The van der Waals surface area contributed by atoms with Gasteiger partial charge in [-0.3, -0.25) is 0 Å². The van der Waals surface area contributed by atoms with Crippen LogP contribution in [0.25, 0.3) is 0 Å². The monoisotopic (exact) mass is 298 g/mol. The standard InChI is InChI=1S/C17H15ClN2O/c1-11-3-2-4-16(15(11)9-19)20-10-13-8-14(18)7-12-5-6-21-17(12)13/h2-4,7-8,20H,5-6,10H2,1H3. The maximum Gasteiger partial charge on any atom is 0.127 e. The smallest absolute Gasteiger partial charge is 0.127 e. The van der Waals surface area contributed by atoms with Gasteiger partial charge in [-0.15, -0.1) is 0 Å². The average molecular weight is 299 g/mol. The molecule has 1 N–H and O–H groups in total. The Balaban J connectivity index is 1.87. The molecule has 3 nitrogen and oxygen atoms in total. The van der Waals surface area contributed by atoms with Crippen molar-refractivity contribution in [2.24, 2.45) is 0 Å². The van der Waals surface area contributed by atoms with Gasteiger partial charge in [-0.2, -0.15) is 5.26 Å². The molecule has 0 radical (unpaired) electrons. The normalized spacial score (nSPS) is 12.4. The second-order valence-electron chi connectivity index (χ2n) is 5.11. The lowest BCUT2D eigenvalue weighted by molar-refractivity contribution is 0.354. The molecule has 106 valence electrons. The summed E-state index contributed by atoms with van der Waals surface area (Å²) in [5, 5.41) is 13.3. The Morgan fingerprint density at radius 1 is 1.38 bits per heavy atom. The molecule has 2 aromatic carbocycles. The minimum absolute atomic E-state index is 0.584. The van der Waals surface area contributed by atoms with Crippen molar-refractivity contribution in [1.82, 2.24) is 0 Å². The van der Waals surface area contributed by atoms with E-state index in [0.29, 0.717) is 18.7 Å². The van der Waals surface area contributed by atoms with Gasteiger partial charge in [-0.25, -0.2) is 0 Å². The Morgan fingerprint density at radius 2 is 2.24 bits per heavy atom. The lowest BCUT2D eigenvalue weighted by Gasteiger charge is -2.13. The van der Waals surface area contributed by atoms with Crippen LogP contribution in [0.1, 0.15) is 22.3 Å². The lowest BCUT2D eigenvalue weighted by atomic mass is 10.1. The molecule has 0 atom stereocenters. The van der Waals surface area contributed by atoms with Crippen molar-refractivity contribution in [2.45, 2.75) is 19.9 Å². The fourth-order valence-corrected chi connectivity index (χ4v) is 2.89. The Bertz CT molecular complexity index is 734. The van der Waals surface area contributed by atoms with E-state index in [2.05, 4.69) is 11.4 Å². The molecule has 0 spiro atoms. The Hall–Kier alpha value is -2.18. The van der Waals surface area contributed by atoms with Gasteiger partial charge in [0.25, 0.3) is 0 Å². The molecular formula is C17H15ClN2O.